The third-order valence-corrected chi connectivity index (χ3v) is 13.0. The quantitative estimate of drug-likeness (QED) is 0.0623. The van der Waals surface area contributed by atoms with Crippen LogP contribution in [0.25, 0.3) is 22.7 Å². The first-order valence-electron chi connectivity index (χ1n) is 25.0. The number of aryl methyl sites for hydroxylation is 8. The van der Waals surface area contributed by atoms with Crippen molar-refractivity contribution in [1.29, 1.82) is 0 Å². The molecule has 5 aromatic carbocycles. The molecule has 4 aromatic heterocycles. The highest BCUT2D eigenvalue weighted by Crippen LogP contribution is 2.33. The van der Waals surface area contributed by atoms with E-state index in [1.807, 2.05) is 6.92 Å². The number of ether oxygens (including phenoxy) is 4. The Kier molecular flexibility index (Phi) is 19.2. The minimum absolute atomic E-state index is 0.0184. The van der Waals surface area contributed by atoms with E-state index >= 15 is 4.39 Å². The molecule has 0 spiro atoms. The van der Waals surface area contributed by atoms with E-state index in [1.54, 1.807) is 118 Å². The Morgan fingerprint density at radius 2 is 0.756 bits per heavy atom. The molecule has 10 rings (SSSR count). The summed E-state index contributed by atoms with van der Waals surface area (Å²) in [7, 11) is 5.57. The van der Waals surface area contributed by atoms with Gasteiger partial charge in [-0.1, -0.05) is 12.1 Å². The van der Waals surface area contributed by atoms with Crippen LogP contribution in [0.3, 0.4) is 0 Å². The van der Waals surface area contributed by atoms with E-state index in [-0.39, 0.29) is 53.1 Å². The largest absolute Gasteiger partial charge is 0.494 e. The number of carbonyl (C=O) groups is 2. The fourth-order valence-corrected chi connectivity index (χ4v) is 9.20. The second-order valence-corrected chi connectivity index (χ2v) is 18.3. The maximum Gasteiger partial charge on any atom is 0.261 e. The minimum Gasteiger partial charge on any atom is -0.494 e. The van der Waals surface area contributed by atoms with Gasteiger partial charge in [0.15, 0.2) is 46.3 Å². The summed E-state index contributed by atoms with van der Waals surface area (Å²) in [5.41, 5.74) is 9.25. The molecule has 2 amide bonds. The summed E-state index contributed by atoms with van der Waals surface area (Å²) in [6.07, 6.45) is 0. The summed E-state index contributed by atoms with van der Waals surface area (Å²) in [5.74, 6) is 2.38. The highest BCUT2D eigenvalue weighted by Gasteiger charge is 2.37. The number of benzene rings is 5. The highest BCUT2D eigenvalue weighted by atomic mass is 35.5. The van der Waals surface area contributed by atoms with Crippen LogP contribution in [0.15, 0.2) is 72.8 Å². The van der Waals surface area contributed by atoms with Crippen LogP contribution in [0, 0.1) is 78.7 Å². The zero-order valence-electron chi connectivity index (χ0n) is 46.9. The van der Waals surface area contributed by atoms with Crippen molar-refractivity contribution in [2.24, 2.45) is 5.73 Å². The van der Waals surface area contributed by atoms with Crippen molar-refractivity contribution < 1.29 is 51.2 Å². The normalized spacial score (nSPS) is 11.6. The number of carbonyl (C=O) groups excluding carboxylic acids is 2. The molecule has 3 N–H and O–H groups in total. The lowest BCUT2D eigenvalue weighted by Gasteiger charge is -2.19. The fourth-order valence-electron chi connectivity index (χ4n) is 8.94. The summed E-state index contributed by atoms with van der Waals surface area (Å²) in [5, 5.41) is 26.2. The van der Waals surface area contributed by atoms with Gasteiger partial charge in [-0.15, -0.1) is 11.6 Å². The summed E-state index contributed by atoms with van der Waals surface area (Å²) in [6, 6.07) is 19.4. The number of hydrogen-bond donors (Lipinski definition) is 2. The van der Waals surface area contributed by atoms with E-state index in [4.69, 9.17) is 36.3 Å². The molecule has 0 aliphatic carbocycles. The van der Waals surface area contributed by atoms with Gasteiger partial charge in [0.25, 0.3) is 11.8 Å². The molecule has 0 unspecified atom stereocenters. The topological polar surface area (TPSA) is 243 Å². The average Bonchev–Trinajstić information content (AvgIpc) is 4.08. The van der Waals surface area contributed by atoms with E-state index < -0.39 is 41.7 Å². The average molecular weight is 1150 g/mol. The summed E-state index contributed by atoms with van der Waals surface area (Å²) >= 11 is 5.82. The van der Waals surface area contributed by atoms with Gasteiger partial charge in [0, 0.05) is 28.8 Å². The zero-order chi connectivity index (χ0) is 59.9. The Hall–Kier alpha value is -9.07. The number of fused-ring (bicyclic) bond motifs is 1. The molecule has 5 heterocycles. The van der Waals surface area contributed by atoms with Crippen LogP contribution in [0.4, 0.5) is 17.6 Å². The molecular formula is C56H59ClF4N14O7. The van der Waals surface area contributed by atoms with Gasteiger partial charge in [-0.25, -0.2) is 56.2 Å². The maximum atomic E-state index is 15.2. The van der Waals surface area contributed by atoms with Gasteiger partial charge in [0.2, 0.25) is 0 Å². The van der Waals surface area contributed by atoms with Gasteiger partial charge in [-0.05, 0) is 116 Å². The number of imide groups is 1. The smallest absolute Gasteiger partial charge is 0.261 e. The Morgan fingerprint density at radius 3 is 1.05 bits per heavy atom. The van der Waals surface area contributed by atoms with Crippen LogP contribution in [0.1, 0.15) is 89.6 Å². The number of nitrogens with zero attached hydrogens (tertiary/aromatic N) is 13. The number of nitrogens with two attached hydrogens (primary N) is 1. The molecular weight excluding hydrogens is 1090 g/mol. The van der Waals surface area contributed by atoms with Gasteiger partial charge >= 0.3 is 0 Å². The van der Waals surface area contributed by atoms with E-state index in [9.17, 15) is 27.9 Å². The Labute approximate surface area is 473 Å². The van der Waals surface area contributed by atoms with Crippen LogP contribution in [-0.2, 0) is 25.6 Å². The number of methoxy groups -OCH3 is 4. The number of rotatable bonds is 13. The molecule has 0 saturated carbocycles. The second kappa shape index (κ2) is 26.0. The van der Waals surface area contributed by atoms with Crippen molar-refractivity contribution in [2.75, 3.05) is 28.4 Å². The van der Waals surface area contributed by atoms with Crippen LogP contribution in [-0.4, -0.2) is 109 Å². The van der Waals surface area contributed by atoms with E-state index in [0.717, 1.165) is 4.90 Å². The van der Waals surface area contributed by atoms with Crippen LogP contribution in [0.2, 0.25) is 0 Å². The standard InChI is InChI=1S/C20H17FN4O3.C12H13ClFN3O.C12H15FN4O.C12H14FN3O2/c1-11-22-12(2)25(23-11)16-8-9-17(28-3)18(21)15(16)10-24-19(26)13-6-4-5-7-14(13)20(24)27;1-7-15-8(2)17(16-7)10-4-5-11(18-3)12(14)9(10)6-13;1-7-15-8(2)17(16-7)10-4-5-11(18-3)12(13)9(10)6-14;1-7-14-8(2)16(15-7)10-4-5-11(18-3)12(13)9(10)6-17/h4-9H,10H2,1-3H3;4-5H,6H2,1-3H3;4-5H,6,14H2,1-3H3;4-5,17H,6H2,1-3H3. The van der Waals surface area contributed by atoms with Crippen molar-refractivity contribution in [2.45, 2.75) is 81.0 Å². The number of amides is 2. The number of hydrogen-bond acceptors (Lipinski definition) is 16. The van der Waals surface area contributed by atoms with Crippen molar-refractivity contribution in [1.82, 2.24) is 64.0 Å². The first-order chi connectivity index (χ1) is 39.2. The lowest BCUT2D eigenvalue weighted by molar-refractivity contribution is 0.0640. The Morgan fingerprint density at radius 1 is 0.463 bits per heavy atom. The predicted octanol–water partition coefficient (Wildman–Crippen LogP) is 8.61. The summed E-state index contributed by atoms with van der Waals surface area (Å²) in [6.45, 7) is 13.6. The second-order valence-electron chi connectivity index (χ2n) is 18.0. The number of aliphatic hydroxyl groups excluding tert-OH is 1. The van der Waals surface area contributed by atoms with Gasteiger partial charge < -0.3 is 29.8 Å². The zero-order valence-corrected chi connectivity index (χ0v) is 47.7. The van der Waals surface area contributed by atoms with Crippen molar-refractivity contribution >= 4 is 23.4 Å². The predicted molar refractivity (Wildman–Crippen MR) is 293 cm³/mol. The Bertz CT molecular complexity index is 3540. The molecule has 82 heavy (non-hydrogen) atoms. The Balaban J connectivity index is 0.000000161. The molecule has 0 fully saturated rings. The third-order valence-electron chi connectivity index (χ3n) is 12.7. The van der Waals surface area contributed by atoms with E-state index in [0.29, 0.717) is 91.6 Å². The van der Waals surface area contributed by atoms with Gasteiger partial charge in [-0.2, -0.15) is 20.4 Å². The minimum atomic E-state index is -0.649. The number of alkyl halides is 1. The number of aliphatic hydroxyl groups is 1. The number of halogens is 5. The summed E-state index contributed by atoms with van der Waals surface area (Å²) < 4.78 is 83.3. The molecule has 0 radical (unpaired) electrons. The maximum absolute atomic E-state index is 15.2. The fraction of sp³-hybridized carbons (Fsp3) is 0.286. The molecule has 1 aliphatic rings. The summed E-state index contributed by atoms with van der Waals surface area (Å²) in [4.78, 5) is 43.2. The third kappa shape index (κ3) is 12.3. The molecule has 0 saturated heterocycles. The van der Waals surface area contributed by atoms with Crippen molar-refractivity contribution in [3.05, 3.63) is 176 Å². The number of aromatic nitrogens is 12. The van der Waals surface area contributed by atoms with Crippen LogP contribution >= 0.6 is 11.6 Å². The molecule has 0 bridgehead atoms. The molecule has 0 atom stereocenters. The van der Waals surface area contributed by atoms with E-state index in [2.05, 4.69) is 40.3 Å². The van der Waals surface area contributed by atoms with Crippen LogP contribution < -0.4 is 24.7 Å². The SMILES string of the molecule is COc1ccc(-n2nc(C)nc2C)c(CCl)c1F.COc1ccc(-n2nc(C)nc2C)c(CN)c1F.COc1ccc(-n2nc(C)nc2C)c(CN2C(=O)c3ccccc3C2=O)c1F.COc1ccc(-n2nc(C)nc2C)c(CO)c1F. The highest BCUT2D eigenvalue weighted by molar-refractivity contribution is 6.21. The lowest BCUT2D eigenvalue weighted by Crippen LogP contribution is -2.30. The molecule has 1 aliphatic heterocycles. The van der Waals surface area contributed by atoms with E-state index in [1.165, 1.54) is 49.9 Å². The van der Waals surface area contributed by atoms with Gasteiger partial charge in [0.1, 0.15) is 46.6 Å². The van der Waals surface area contributed by atoms with Gasteiger partial charge in [0.05, 0.1) is 81.3 Å². The molecule has 26 heteroatoms. The molecule has 430 valence electrons. The molecule has 21 nitrogen and oxygen atoms in total. The molecule has 9 aromatic rings. The first kappa shape index (κ1) is 60.6. The monoisotopic (exact) mass is 1150 g/mol. The lowest BCUT2D eigenvalue weighted by atomic mass is 10.1. The van der Waals surface area contributed by atoms with Crippen LogP contribution in [0.5, 0.6) is 23.0 Å². The van der Waals surface area contributed by atoms with Crippen molar-refractivity contribution in [3.8, 4) is 45.7 Å². The van der Waals surface area contributed by atoms with Gasteiger partial charge in [-0.3, -0.25) is 14.5 Å². The first-order valence-corrected chi connectivity index (χ1v) is 25.6. The van der Waals surface area contributed by atoms with Crippen molar-refractivity contribution in [3.63, 3.8) is 0 Å².